The fraction of sp³-hybridized carbons (Fsp3) is 0.469. The number of esters is 1. The number of carbonyl (C=O) groups is 1. The largest absolute Gasteiger partial charge is 0.491 e. The summed E-state index contributed by atoms with van der Waals surface area (Å²) < 4.78 is 60.6. The molecule has 2 fully saturated rings. The second-order valence-electron chi connectivity index (χ2n) is 11.8. The lowest BCUT2D eigenvalue weighted by atomic mass is 9.76. The predicted octanol–water partition coefficient (Wildman–Crippen LogP) is 6.36. The molecule has 5 rings (SSSR count). The number of alkyl halides is 3. The van der Waals surface area contributed by atoms with Gasteiger partial charge in [-0.15, -0.1) is 0 Å². The summed E-state index contributed by atoms with van der Waals surface area (Å²) in [7, 11) is 0. The van der Waals surface area contributed by atoms with E-state index in [0.29, 0.717) is 49.8 Å². The molecule has 3 aromatic rings. The summed E-state index contributed by atoms with van der Waals surface area (Å²) in [6.07, 6.45) is -5.12. The third kappa shape index (κ3) is 7.73. The molecule has 0 bridgehead atoms. The highest BCUT2D eigenvalue weighted by molar-refractivity contribution is 6.30. The molecule has 2 saturated heterocycles. The van der Waals surface area contributed by atoms with Gasteiger partial charge in [0.15, 0.2) is 0 Å². The smallest absolute Gasteiger partial charge is 0.429 e. The molecule has 3 N–H and O–H groups in total. The summed E-state index contributed by atoms with van der Waals surface area (Å²) >= 11 is 6.26. The van der Waals surface area contributed by atoms with Gasteiger partial charge in [-0.1, -0.05) is 29.8 Å². The molecule has 0 radical (unpaired) electrons. The van der Waals surface area contributed by atoms with Gasteiger partial charge in [-0.05, 0) is 80.8 Å². The lowest BCUT2D eigenvalue weighted by molar-refractivity contribution is -0.198. The first-order valence-corrected chi connectivity index (χ1v) is 15.3. The van der Waals surface area contributed by atoms with Gasteiger partial charge in [-0.3, -0.25) is 4.79 Å². The number of anilines is 2. The molecule has 0 amide bonds. The molecule has 0 saturated carbocycles. The minimum absolute atomic E-state index is 0.0737. The fourth-order valence-corrected chi connectivity index (χ4v) is 6.19. The second-order valence-corrected chi connectivity index (χ2v) is 12.2. The van der Waals surface area contributed by atoms with Crippen LogP contribution in [0, 0.1) is 5.41 Å². The number of hydrogen-bond acceptors (Lipinski definition) is 9. The lowest BCUT2D eigenvalue weighted by Crippen LogP contribution is -2.41. The zero-order valence-electron chi connectivity index (χ0n) is 25.4. The van der Waals surface area contributed by atoms with Crippen LogP contribution in [0.1, 0.15) is 51.7 Å². The number of nitrogen functional groups attached to an aromatic ring is 1. The molecule has 0 aliphatic carbocycles. The van der Waals surface area contributed by atoms with Crippen molar-refractivity contribution in [1.82, 2.24) is 15.3 Å². The van der Waals surface area contributed by atoms with Crippen LogP contribution in [0.4, 0.5) is 24.9 Å². The number of benzene rings is 2. The van der Waals surface area contributed by atoms with Crippen LogP contribution in [0.5, 0.6) is 11.6 Å². The lowest BCUT2D eigenvalue weighted by Gasteiger charge is -2.39. The van der Waals surface area contributed by atoms with Gasteiger partial charge in [0.1, 0.15) is 17.6 Å². The molecule has 1 spiro atoms. The Bertz CT molecular complexity index is 1510. The zero-order valence-corrected chi connectivity index (χ0v) is 26.1. The SMILES string of the molecule is CCOC(=O)[C@@H]1CC2(CCN(c3cc(O[C@H](c4ccc(Cl)cc4-c4cccc(OC(C)C)c4)C(F)(F)F)nc(N)n3)CC2)CN1. The molecular weight excluding hydrogens is 611 g/mol. The van der Waals surface area contributed by atoms with Crippen molar-refractivity contribution in [2.24, 2.45) is 5.41 Å². The Morgan fingerprint density at radius 3 is 2.58 bits per heavy atom. The first-order valence-electron chi connectivity index (χ1n) is 15.0. The van der Waals surface area contributed by atoms with Crippen molar-refractivity contribution in [2.75, 3.05) is 36.9 Å². The van der Waals surface area contributed by atoms with Crippen LogP contribution in [0.15, 0.2) is 48.5 Å². The molecular formula is C32H37ClF3N5O4. The van der Waals surface area contributed by atoms with E-state index < -0.39 is 12.3 Å². The monoisotopic (exact) mass is 647 g/mol. The van der Waals surface area contributed by atoms with Crippen molar-refractivity contribution in [3.05, 3.63) is 59.1 Å². The molecule has 13 heteroatoms. The van der Waals surface area contributed by atoms with Gasteiger partial charge in [0.25, 0.3) is 0 Å². The number of nitrogens with two attached hydrogens (primary N) is 1. The molecule has 2 aromatic carbocycles. The van der Waals surface area contributed by atoms with E-state index in [1.54, 1.807) is 31.2 Å². The summed E-state index contributed by atoms with van der Waals surface area (Å²) in [6.45, 7) is 7.67. The molecule has 3 heterocycles. The number of hydrogen-bond donors (Lipinski definition) is 2. The molecule has 2 atom stereocenters. The van der Waals surface area contributed by atoms with Crippen LogP contribution >= 0.6 is 11.6 Å². The fourth-order valence-electron chi connectivity index (χ4n) is 6.01. The third-order valence-electron chi connectivity index (χ3n) is 8.14. The van der Waals surface area contributed by atoms with Gasteiger partial charge >= 0.3 is 12.1 Å². The summed E-state index contributed by atoms with van der Waals surface area (Å²) in [5.74, 6) is 0.128. The third-order valence-corrected chi connectivity index (χ3v) is 8.37. The Hall–Kier alpha value is -3.77. The van der Waals surface area contributed by atoms with E-state index >= 15 is 0 Å². The Labute approximate surface area is 265 Å². The Kier molecular flexibility index (Phi) is 9.64. The van der Waals surface area contributed by atoms with E-state index in [2.05, 4.69) is 15.3 Å². The van der Waals surface area contributed by atoms with Gasteiger partial charge in [-0.25, -0.2) is 0 Å². The average molecular weight is 648 g/mol. The summed E-state index contributed by atoms with van der Waals surface area (Å²) in [5.41, 5.74) is 6.49. The maximum atomic E-state index is 14.7. The molecule has 2 aliphatic heterocycles. The van der Waals surface area contributed by atoms with Crippen LogP contribution in [0.25, 0.3) is 11.1 Å². The van der Waals surface area contributed by atoms with Crippen LogP contribution in [0.3, 0.4) is 0 Å². The quantitative estimate of drug-likeness (QED) is 0.256. The van der Waals surface area contributed by atoms with Gasteiger partial charge in [0.2, 0.25) is 17.9 Å². The van der Waals surface area contributed by atoms with Crippen molar-refractivity contribution >= 4 is 29.3 Å². The summed E-state index contributed by atoms with van der Waals surface area (Å²) in [6, 6.07) is 12.0. The zero-order chi connectivity index (χ0) is 32.4. The van der Waals surface area contributed by atoms with E-state index in [9.17, 15) is 18.0 Å². The number of halogens is 4. The highest BCUT2D eigenvalue weighted by Crippen LogP contribution is 2.44. The van der Waals surface area contributed by atoms with E-state index in [0.717, 1.165) is 12.8 Å². The second kappa shape index (κ2) is 13.3. The normalized spacial score (nSPS) is 18.7. The van der Waals surface area contributed by atoms with E-state index in [4.69, 9.17) is 31.5 Å². The number of ether oxygens (including phenoxy) is 3. The topological polar surface area (TPSA) is 112 Å². The summed E-state index contributed by atoms with van der Waals surface area (Å²) in [5, 5.41) is 3.55. The van der Waals surface area contributed by atoms with Crippen LogP contribution in [-0.2, 0) is 9.53 Å². The van der Waals surface area contributed by atoms with Crippen LogP contribution < -0.4 is 25.4 Å². The maximum Gasteiger partial charge on any atom is 0.429 e. The van der Waals surface area contributed by atoms with Crippen molar-refractivity contribution in [3.8, 4) is 22.8 Å². The van der Waals surface area contributed by atoms with E-state index in [-0.39, 0.29) is 51.5 Å². The molecule has 242 valence electrons. The highest BCUT2D eigenvalue weighted by Gasteiger charge is 2.46. The number of carbonyl (C=O) groups excluding carboxylic acids is 1. The maximum absolute atomic E-state index is 14.7. The van der Waals surface area contributed by atoms with Gasteiger partial charge < -0.3 is 30.2 Å². The van der Waals surface area contributed by atoms with E-state index in [1.807, 2.05) is 18.7 Å². The Balaban J connectivity index is 1.38. The number of nitrogens with zero attached hydrogens (tertiary/aromatic N) is 3. The van der Waals surface area contributed by atoms with Gasteiger partial charge in [0.05, 0.1) is 12.7 Å². The predicted molar refractivity (Wildman–Crippen MR) is 165 cm³/mol. The number of nitrogens with one attached hydrogen (secondary N) is 1. The van der Waals surface area contributed by atoms with Crippen molar-refractivity contribution in [3.63, 3.8) is 0 Å². The van der Waals surface area contributed by atoms with Gasteiger partial charge in [0, 0.05) is 36.3 Å². The minimum atomic E-state index is -4.81. The molecule has 45 heavy (non-hydrogen) atoms. The standard InChI is InChI=1S/C32H37ClF3N5O4/c1-4-43-29(42)25-17-31(18-38-25)10-12-41(13-11-31)26-16-27(40-30(37)39-26)45-28(32(34,35)36)23-9-8-21(33)15-24(23)20-6-5-7-22(14-20)44-19(2)3/h5-9,14-16,19,25,28,38H,4,10-13,17-18H2,1-3H3,(H2,37,39,40)/t25-,28+/m0/s1. The number of rotatable bonds is 9. The summed E-state index contributed by atoms with van der Waals surface area (Å²) in [4.78, 5) is 22.5. The molecule has 9 nitrogen and oxygen atoms in total. The van der Waals surface area contributed by atoms with Crippen molar-refractivity contribution in [1.29, 1.82) is 0 Å². The van der Waals surface area contributed by atoms with E-state index in [1.165, 1.54) is 24.3 Å². The highest BCUT2D eigenvalue weighted by atomic mass is 35.5. The van der Waals surface area contributed by atoms with Gasteiger partial charge in [-0.2, -0.15) is 23.1 Å². The number of aromatic nitrogens is 2. The molecule has 1 aromatic heterocycles. The minimum Gasteiger partial charge on any atom is -0.491 e. The Morgan fingerprint density at radius 1 is 1.13 bits per heavy atom. The first-order chi connectivity index (χ1) is 21.4. The number of piperidine rings is 1. The Morgan fingerprint density at radius 2 is 1.89 bits per heavy atom. The molecule has 2 aliphatic rings. The van der Waals surface area contributed by atoms with Crippen molar-refractivity contribution < 1.29 is 32.2 Å². The van der Waals surface area contributed by atoms with Crippen molar-refractivity contribution in [2.45, 2.75) is 64.5 Å². The molecule has 0 unspecified atom stereocenters. The first kappa shape index (κ1) is 32.6. The van der Waals surface area contributed by atoms with Crippen LogP contribution in [0.2, 0.25) is 5.02 Å². The van der Waals surface area contributed by atoms with Crippen LogP contribution in [-0.4, -0.2) is 60.5 Å². The average Bonchev–Trinajstić information content (AvgIpc) is 3.39.